The summed E-state index contributed by atoms with van der Waals surface area (Å²) in [4.78, 5) is 58.3. The fourth-order valence-corrected chi connectivity index (χ4v) is 3.32. The molecule has 0 bridgehead atoms. The molecule has 0 aromatic rings. The molecule has 1 saturated carbocycles. The van der Waals surface area contributed by atoms with Crippen LogP contribution in [0.1, 0.15) is 34.6 Å². The summed E-state index contributed by atoms with van der Waals surface area (Å²) >= 11 is 0. The Morgan fingerprint density at radius 3 is 1.14 bits per heavy atom. The normalized spacial score (nSPS) is 33.4. The average molecular weight is 402 g/mol. The van der Waals surface area contributed by atoms with Gasteiger partial charge in [0.25, 0.3) is 0 Å². The maximum absolute atomic E-state index is 11.7. The van der Waals surface area contributed by atoms with Gasteiger partial charge in [-0.3, -0.25) is 24.0 Å². The van der Waals surface area contributed by atoms with Crippen LogP contribution in [0.5, 0.6) is 0 Å². The van der Waals surface area contributed by atoms with Gasteiger partial charge in [0.2, 0.25) is 0 Å². The summed E-state index contributed by atoms with van der Waals surface area (Å²) in [5, 5.41) is 0. The van der Waals surface area contributed by atoms with E-state index < -0.39 is 66.0 Å². The molecule has 11 nitrogen and oxygen atoms in total. The summed E-state index contributed by atoms with van der Waals surface area (Å²) in [6, 6.07) is 0. The van der Waals surface area contributed by atoms with Gasteiger partial charge in [-0.1, -0.05) is 0 Å². The van der Waals surface area contributed by atoms with Crippen molar-refractivity contribution in [1.29, 1.82) is 0 Å². The summed E-state index contributed by atoms with van der Waals surface area (Å²) < 4.78 is 31.8. The van der Waals surface area contributed by atoms with Crippen LogP contribution in [-0.4, -0.2) is 72.6 Å². The molecule has 28 heavy (non-hydrogen) atoms. The molecule has 2 fully saturated rings. The van der Waals surface area contributed by atoms with Crippen molar-refractivity contribution >= 4 is 29.8 Å². The van der Waals surface area contributed by atoms with E-state index in [4.69, 9.17) is 28.4 Å². The first-order valence-corrected chi connectivity index (χ1v) is 8.48. The Balaban J connectivity index is 2.57. The van der Waals surface area contributed by atoms with E-state index in [1.807, 2.05) is 0 Å². The van der Waals surface area contributed by atoms with Crippen molar-refractivity contribution in [2.24, 2.45) is 0 Å². The zero-order chi connectivity index (χ0) is 21.2. The number of carbonyl (C=O) groups excluding carboxylic acids is 5. The monoisotopic (exact) mass is 402 g/mol. The molecule has 11 heteroatoms. The Hall–Kier alpha value is -2.69. The van der Waals surface area contributed by atoms with E-state index in [1.165, 1.54) is 0 Å². The first-order valence-electron chi connectivity index (χ1n) is 8.48. The first-order chi connectivity index (χ1) is 13.0. The molecule has 2 aliphatic rings. The second kappa shape index (κ2) is 8.13. The van der Waals surface area contributed by atoms with Crippen LogP contribution in [0.4, 0.5) is 0 Å². The highest BCUT2D eigenvalue weighted by Gasteiger charge is 2.73. The van der Waals surface area contributed by atoms with Gasteiger partial charge in [0.1, 0.15) is 0 Å². The van der Waals surface area contributed by atoms with E-state index in [0.29, 0.717) is 0 Å². The van der Waals surface area contributed by atoms with Crippen LogP contribution in [0.15, 0.2) is 0 Å². The third-order valence-electron chi connectivity index (χ3n) is 4.18. The lowest BCUT2D eigenvalue weighted by molar-refractivity contribution is -0.247. The molecule has 1 aliphatic carbocycles. The summed E-state index contributed by atoms with van der Waals surface area (Å²) in [5.41, 5.74) is -1.42. The van der Waals surface area contributed by atoms with Crippen LogP contribution in [0, 0.1) is 0 Å². The lowest BCUT2D eigenvalue weighted by Crippen LogP contribution is -2.70. The molecule has 0 N–H and O–H groups in total. The van der Waals surface area contributed by atoms with Gasteiger partial charge in [-0.2, -0.15) is 0 Å². The van der Waals surface area contributed by atoms with Crippen molar-refractivity contribution in [3.63, 3.8) is 0 Å². The molecule has 1 aliphatic heterocycles. The van der Waals surface area contributed by atoms with Gasteiger partial charge < -0.3 is 28.4 Å². The lowest BCUT2D eigenvalue weighted by atomic mass is 9.77. The van der Waals surface area contributed by atoms with Crippen LogP contribution in [0.3, 0.4) is 0 Å². The molecule has 0 aromatic heterocycles. The van der Waals surface area contributed by atoms with Gasteiger partial charge in [-0.05, 0) is 0 Å². The molecule has 1 heterocycles. The standard InChI is InChI=1S/C17H22O11/c1-7(18)24-12-13(25-8(2)19)15(27-10(4)21)17(6-23-17)16(28-11(5)22)14(12)26-9(3)20/h12-16H,6H2,1-5H3/t12-,13?,14?,15+,16?,17-/m1/s1. The van der Waals surface area contributed by atoms with Crippen LogP contribution in [0.2, 0.25) is 0 Å². The number of carbonyl (C=O) groups is 5. The zero-order valence-corrected chi connectivity index (χ0v) is 16.1. The summed E-state index contributed by atoms with van der Waals surface area (Å²) in [6.07, 6.45) is -6.66. The summed E-state index contributed by atoms with van der Waals surface area (Å²) in [7, 11) is 0. The largest absolute Gasteiger partial charge is 0.455 e. The van der Waals surface area contributed by atoms with E-state index in [0.717, 1.165) is 34.6 Å². The van der Waals surface area contributed by atoms with Gasteiger partial charge in [0, 0.05) is 34.6 Å². The number of ether oxygens (including phenoxy) is 6. The Kier molecular flexibility index (Phi) is 6.27. The molecule has 156 valence electrons. The quantitative estimate of drug-likeness (QED) is 0.331. The third-order valence-corrected chi connectivity index (χ3v) is 4.18. The highest BCUT2D eigenvalue weighted by atomic mass is 16.7. The molecule has 6 atom stereocenters. The minimum atomic E-state index is -1.42. The second-order valence-corrected chi connectivity index (χ2v) is 6.53. The van der Waals surface area contributed by atoms with Crippen molar-refractivity contribution in [2.75, 3.05) is 6.61 Å². The van der Waals surface area contributed by atoms with Gasteiger partial charge in [0.15, 0.2) is 36.1 Å². The smallest absolute Gasteiger partial charge is 0.303 e. The molecule has 0 amide bonds. The molecular weight excluding hydrogens is 380 g/mol. The average Bonchev–Trinajstić information content (AvgIpc) is 3.31. The Morgan fingerprint density at radius 2 is 0.893 bits per heavy atom. The fraction of sp³-hybridized carbons (Fsp3) is 0.706. The Morgan fingerprint density at radius 1 is 0.607 bits per heavy atom. The molecule has 1 saturated heterocycles. The van der Waals surface area contributed by atoms with Crippen LogP contribution in [0.25, 0.3) is 0 Å². The third kappa shape index (κ3) is 4.58. The maximum Gasteiger partial charge on any atom is 0.303 e. The number of rotatable bonds is 5. The van der Waals surface area contributed by atoms with Crippen molar-refractivity contribution in [2.45, 2.75) is 70.7 Å². The summed E-state index contributed by atoms with van der Waals surface area (Å²) in [5.74, 6) is -3.77. The number of epoxide rings is 1. The van der Waals surface area contributed by atoms with E-state index >= 15 is 0 Å². The van der Waals surface area contributed by atoms with Gasteiger partial charge in [-0.25, -0.2) is 0 Å². The highest BCUT2D eigenvalue weighted by Crippen LogP contribution is 2.48. The highest BCUT2D eigenvalue weighted by molar-refractivity contribution is 5.70. The van der Waals surface area contributed by atoms with Gasteiger partial charge in [-0.15, -0.1) is 0 Å². The molecular formula is C17H22O11. The number of esters is 5. The first kappa shape index (κ1) is 21.6. The zero-order valence-electron chi connectivity index (χ0n) is 16.1. The van der Waals surface area contributed by atoms with Crippen LogP contribution in [-0.2, 0) is 52.4 Å². The SMILES string of the molecule is CC(=O)OC1C(OC(C)=O)[C@@]2(CO2)[C@@H](OC(C)=O)C(OC(C)=O)[C@H]1OC(C)=O. The number of hydrogen-bond acceptors (Lipinski definition) is 11. The minimum absolute atomic E-state index is 0.0365. The van der Waals surface area contributed by atoms with Gasteiger partial charge >= 0.3 is 29.8 Å². The lowest BCUT2D eigenvalue weighted by Gasteiger charge is -2.46. The molecule has 3 unspecified atom stereocenters. The maximum atomic E-state index is 11.7. The van der Waals surface area contributed by atoms with Crippen molar-refractivity contribution in [3.05, 3.63) is 0 Å². The molecule has 1 spiro atoms. The van der Waals surface area contributed by atoms with Gasteiger partial charge in [0.05, 0.1) is 6.61 Å². The summed E-state index contributed by atoms with van der Waals surface area (Å²) in [6.45, 7) is 5.52. The van der Waals surface area contributed by atoms with Crippen molar-refractivity contribution < 1.29 is 52.4 Å². The van der Waals surface area contributed by atoms with E-state index in [1.54, 1.807) is 0 Å². The van der Waals surface area contributed by atoms with Crippen LogP contribution < -0.4 is 0 Å². The van der Waals surface area contributed by atoms with Crippen molar-refractivity contribution in [3.8, 4) is 0 Å². The van der Waals surface area contributed by atoms with Crippen LogP contribution >= 0.6 is 0 Å². The fourth-order valence-electron chi connectivity index (χ4n) is 3.32. The number of hydrogen-bond donors (Lipinski definition) is 0. The molecule has 0 radical (unpaired) electrons. The minimum Gasteiger partial charge on any atom is -0.455 e. The topological polar surface area (TPSA) is 144 Å². The Bertz CT molecular complexity index is 635. The second-order valence-electron chi connectivity index (χ2n) is 6.53. The predicted molar refractivity (Wildman–Crippen MR) is 86.5 cm³/mol. The Labute approximate surface area is 160 Å². The van der Waals surface area contributed by atoms with E-state index in [2.05, 4.69) is 0 Å². The van der Waals surface area contributed by atoms with E-state index in [9.17, 15) is 24.0 Å². The molecule has 0 aromatic carbocycles. The molecule has 2 rings (SSSR count). The van der Waals surface area contributed by atoms with Crippen molar-refractivity contribution in [1.82, 2.24) is 0 Å². The predicted octanol–water partition coefficient (Wildman–Crippen LogP) is -0.572. The van der Waals surface area contributed by atoms with E-state index in [-0.39, 0.29) is 6.61 Å².